The fourth-order valence-electron chi connectivity index (χ4n) is 3.85. The Morgan fingerprint density at radius 3 is 2.37 bits per heavy atom. The van der Waals surface area contributed by atoms with Crippen LogP contribution in [0.5, 0.6) is 11.5 Å². The molecule has 0 unspecified atom stereocenters. The van der Waals surface area contributed by atoms with Crippen molar-refractivity contribution in [1.29, 1.82) is 5.41 Å². The first-order valence-corrected chi connectivity index (χ1v) is 11.7. The summed E-state index contributed by atoms with van der Waals surface area (Å²) in [5.41, 5.74) is 2.92. The van der Waals surface area contributed by atoms with Crippen molar-refractivity contribution in [2.75, 3.05) is 38.6 Å². The van der Waals surface area contributed by atoms with Gasteiger partial charge in [-0.05, 0) is 48.0 Å². The smallest absolute Gasteiger partial charge is 0.293 e. The van der Waals surface area contributed by atoms with E-state index in [0.717, 1.165) is 30.0 Å². The summed E-state index contributed by atoms with van der Waals surface area (Å²) < 4.78 is 11.6. The van der Waals surface area contributed by atoms with Crippen molar-refractivity contribution in [3.05, 3.63) is 89.3 Å². The SMILES string of the molecule is COc1ccccc1-c1ccc(O/C(C(=O)Nc2ccc(Cl)cc2)=C(/C=N)N2CCNCC2)cc1. The van der Waals surface area contributed by atoms with Crippen molar-refractivity contribution < 1.29 is 14.3 Å². The highest BCUT2D eigenvalue weighted by Crippen LogP contribution is 2.31. The number of carbonyl (C=O) groups is 1. The highest BCUT2D eigenvalue weighted by Gasteiger charge is 2.23. The molecule has 1 saturated heterocycles. The van der Waals surface area contributed by atoms with Crippen LogP contribution in [0.1, 0.15) is 0 Å². The molecule has 0 aromatic heterocycles. The molecular weight excluding hydrogens is 464 g/mol. The van der Waals surface area contributed by atoms with Crippen molar-refractivity contribution in [3.8, 4) is 22.6 Å². The molecule has 0 spiro atoms. The summed E-state index contributed by atoms with van der Waals surface area (Å²) >= 11 is 5.97. The lowest BCUT2D eigenvalue weighted by atomic mass is 10.0. The molecule has 35 heavy (non-hydrogen) atoms. The second-order valence-corrected chi connectivity index (χ2v) is 8.32. The normalized spacial score (nSPS) is 14.1. The maximum atomic E-state index is 13.3. The van der Waals surface area contributed by atoms with Crippen molar-refractivity contribution >= 4 is 29.4 Å². The number of nitrogens with zero attached hydrogens (tertiary/aromatic N) is 1. The Labute approximate surface area is 209 Å². The van der Waals surface area contributed by atoms with Crippen molar-refractivity contribution in [2.45, 2.75) is 0 Å². The van der Waals surface area contributed by atoms with Crippen LogP contribution in [0.15, 0.2) is 84.3 Å². The first-order valence-electron chi connectivity index (χ1n) is 11.3. The predicted molar refractivity (Wildman–Crippen MR) is 139 cm³/mol. The summed E-state index contributed by atoms with van der Waals surface area (Å²) in [4.78, 5) is 15.3. The minimum Gasteiger partial charge on any atom is -0.496 e. The minimum absolute atomic E-state index is 0.0573. The fraction of sp³-hybridized carbons (Fsp3) is 0.185. The lowest BCUT2D eigenvalue weighted by molar-refractivity contribution is -0.115. The number of amides is 1. The summed E-state index contributed by atoms with van der Waals surface area (Å²) in [5.74, 6) is 0.869. The zero-order valence-corrected chi connectivity index (χ0v) is 20.1. The van der Waals surface area contributed by atoms with E-state index < -0.39 is 5.91 Å². The lowest BCUT2D eigenvalue weighted by Gasteiger charge is -2.30. The molecule has 7 nitrogen and oxygen atoms in total. The van der Waals surface area contributed by atoms with Crippen molar-refractivity contribution in [2.24, 2.45) is 0 Å². The average Bonchev–Trinajstić information content (AvgIpc) is 2.91. The summed E-state index contributed by atoms with van der Waals surface area (Å²) in [6.45, 7) is 2.85. The zero-order valence-electron chi connectivity index (χ0n) is 19.4. The minimum atomic E-state index is -0.446. The van der Waals surface area contributed by atoms with E-state index in [0.29, 0.717) is 35.2 Å². The molecule has 3 N–H and O–H groups in total. The van der Waals surface area contributed by atoms with Gasteiger partial charge in [-0.15, -0.1) is 0 Å². The van der Waals surface area contributed by atoms with Crippen LogP contribution >= 0.6 is 11.6 Å². The maximum absolute atomic E-state index is 13.3. The van der Waals surface area contributed by atoms with E-state index in [1.807, 2.05) is 41.3 Å². The quantitative estimate of drug-likeness (QED) is 0.240. The number of carbonyl (C=O) groups excluding carboxylic acids is 1. The van der Waals surface area contributed by atoms with Gasteiger partial charge in [-0.1, -0.05) is 41.9 Å². The number of rotatable bonds is 8. The maximum Gasteiger partial charge on any atom is 0.293 e. The van der Waals surface area contributed by atoms with Crippen LogP contribution in [0.2, 0.25) is 5.02 Å². The van der Waals surface area contributed by atoms with Gasteiger partial charge in [0, 0.05) is 48.7 Å². The number of hydrogen-bond donors (Lipinski definition) is 3. The average molecular weight is 491 g/mol. The Bertz CT molecular complexity index is 1200. The lowest BCUT2D eigenvalue weighted by Crippen LogP contribution is -2.44. The van der Waals surface area contributed by atoms with Crippen LogP contribution in [-0.2, 0) is 4.79 Å². The van der Waals surface area contributed by atoms with Gasteiger partial charge >= 0.3 is 0 Å². The molecule has 0 radical (unpaired) electrons. The number of methoxy groups -OCH3 is 1. The highest BCUT2D eigenvalue weighted by atomic mass is 35.5. The van der Waals surface area contributed by atoms with Gasteiger partial charge < -0.3 is 30.4 Å². The Morgan fingerprint density at radius 2 is 1.71 bits per heavy atom. The summed E-state index contributed by atoms with van der Waals surface area (Å²) in [6, 6.07) is 22.0. The number of ether oxygens (including phenoxy) is 2. The first-order chi connectivity index (χ1) is 17.1. The fourth-order valence-corrected chi connectivity index (χ4v) is 3.97. The topological polar surface area (TPSA) is 86.7 Å². The van der Waals surface area contributed by atoms with E-state index in [-0.39, 0.29) is 5.76 Å². The third-order valence-electron chi connectivity index (χ3n) is 5.63. The number of hydrogen-bond acceptors (Lipinski definition) is 6. The largest absolute Gasteiger partial charge is 0.496 e. The molecule has 0 atom stereocenters. The van der Waals surface area contributed by atoms with E-state index in [9.17, 15) is 4.79 Å². The molecule has 0 aliphatic carbocycles. The third kappa shape index (κ3) is 6.01. The van der Waals surface area contributed by atoms with Gasteiger partial charge in [-0.3, -0.25) is 4.79 Å². The number of para-hydroxylation sites is 1. The van der Waals surface area contributed by atoms with Gasteiger partial charge in [-0.2, -0.15) is 0 Å². The standard InChI is InChI=1S/C27H27ClN4O3/c1-34-25-5-3-2-4-23(25)19-6-12-22(13-7-19)35-26(24(18-29)32-16-14-30-15-17-32)27(33)31-21-10-8-20(28)9-11-21/h2-13,18,29-30H,14-17H2,1H3,(H,31,33)/b26-24-,29-18?. The van der Waals surface area contributed by atoms with E-state index in [1.54, 1.807) is 43.5 Å². The third-order valence-corrected chi connectivity index (χ3v) is 5.88. The first kappa shape index (κ1) is 24.3. The Kier molecular flexibility index (Phi) is 8.03. The summed E-state index contributed by atoms with van der Waals surface area (Å²) in [5, 5.41) is 14.8. The number of nitrogens with one attached hydrogen (secondary N) is 3. The second kappa shape index (κ2) is 11.6. The van der Waals surface area contributed by atoms with Gasteiger partial charge in [0.15, 0.2) is 0 Å². The van der Waals surface area contributed by atoms with Crippen molar-refractivity contribution in [3.63, 3.8) is 0 Å². The predicted octanol–water partition coefficient (Wildman–Crippen LogP) is 4.80. The van der Waals surface area contributed by atoms with E-state index in [2.05, 4.69) is 10.6 Å². The highest BCUT2D eigenvalue weighted by molar-refractivity contribution is 6.30. The van der Waals surface area contributed by atoms with Gasteiger partial charge in [-0.25, -0.2) is 0 Å². The molecule has 8 heteroatoms. The van der Waals surface area contributed by atoms with Gasteiger partial charge in [0.05, 0.1) is 7.11 Å². The number of benzene rings is 3. The number of piperazine rings is 1. The molecule has 0 saturated carbocycles. The van der Waals surface area contributed by atoms with E-state index in [4.69, 9.17) is 26.5 Å². The van der Waals surface area contributed by atoms with Crippen LogP contribution in [0, 0.1) is 5.41 Å². The molecular formula is C27H27ClN4O3. The van der Waals surface area contributed by atoms with Crippen LogP contribution in [-0.4, -0.2) is 50.3 Å². The van der Waals surface area contributed by atoms with Crippen LogP contribution in [0.4, 0.5) is 5.69 Å². The monoisotopic (exact) mass is 490 g/mol. The summed E-state index contributed by atoms with van der Waals surface area (Å²) in [7, 11) is 1.64. The zero-order chi connectivity index (χ0) is 24.6. The molecule has 4 rings (SSSR count). The molecule has 1 aliphatic heterocycles. The van der Waals surface area contributed by atoms with Gasteiger partial charge in [0.1, 0.15) is 17.2 Å². The Morgan fingerprint density at radius 1 is 1.03 bits per heavy atom. The van der Waals surface area contributed by atoms with Gasteiger partial charge in [0.2, 0.25) is 5.76 Å². The molecule has 1 heterocycles. The Balaban J connectivity index is 1.64. The number of anilines is 1. The molecule has 1 aliphatic rings. The van der Waals surface area contributed by atoms with Crippen molar-refractivity contribution in [1.82, 2.24) is 10.2 Å². The number of allylic oxidation sites excluding steroid dienone is 1. The number of halogens is 1. The molecule has 0 bridgehead atoms. The summed E-state index contributed by atoms with van der Waals surface area (Å²) in [6.07, 6.45) is 1.17. The molecule has 3 aromatic carbocycles. The van der Waals surface area contributed by atoms with E-state index >= 15 is 0 Å². The van der Waals surface area contributed by atoms with Gasteiger partial charge in [0.25, 0.3) is 5.91 Å². The van der Waals surface area contributed by atoms with Crippen LogP contribution < -0.4 is 20.1 Å². The molecule has 3 aromatic rings. The molecule has 180 valence electrons. The van der Waals surface area contributed by atoms with E-state index in [1.165, 1.54) is 6.21 Å². The van der Waals surface area contributed by atoms with Crippen LogP contribution in [0.3, 0.4) is 0 Å². The molecule has 1 amide bonds. The second-order valence-electron chi connectivity index (χ2n) is 7.88. The Hall–Kier alpha value is -3.81. The van der Waals surface area contributed by atoms with Crippen LogP contribution in [0.25, 0.3) is 11.1 Å². The molecule has 1 fully saturated rings.